The van der Waals surface area contributed by atoms with E-state index in [2.05, 4.69) is 10.1 Å². The zero-order valence-electron chi connectivity index (χ0n) is 9.88. The number of benzene rings is 1. The van der Waals surface area contributed by atoms with Crippen molar-refractivity contribution in [2.24, 2.45) is 5.73 Å². The lowest BCUT2D eigenvalue weighted by Gasteiger charge is -2.02. The van der Waals surface area contributed by atoms with Crippen LogP contribution in [0.25, 0.3) is 11.4 Å². The van der Waals surface area contributed by atoms with Crippen LogP contribution >= 0.6 is 0 Å². The van der Waals surface area contributed by atoms with Crippen LogP contribution < -0.4 is 5.73 Å². The van der Waals surface area contributed by atoms with Crippen molar-refractivity contribution in [2.75, 3.05) is 0 Å². The summed E-state index contributed by atoms with van der Waals surface area (Å²) in [6, 6.07) is 3.47. The van der Waals surface area contributed by atoms with E-state index in [9.17, 15) is 8.78 Å². The maximum absolute atomic E-state index is 13.1. The van der Waals surface area contributed by atoms with Gasteiger partial charge < -0.3 is 10.3 Å². The summed E-state index contributed by atoms with van der Waals surface area (Å²) in [5.41, 5.74) is 6.12. The third kappa shape index (κ3) is 2.26. The molecule has 6 heteroatoms. The Kier molecular flexibility index (Phi) is 2.87. The quantitative estimate of drug-likeness (QED) is 0.845. The number of hydrogen-bond acceptors (Lipinski definition) is 4. The Morgan fingerprint density at radius 3 is 2.74 bits per heavy atom. The molecule has 0 aliphatic heterocycles. The second-order valence-electron chi connectivity index (χ2n) is 4.48. The number of allylic oxidation sites excluding steroid dienone is 1. The van der Waals surface area contributed by atoms with Crippen LogP contribution in [0.4, 0.5) is 8.78 Å². The summed E-state index contributed by atoms with van der Waals surface area (Å²) in [6.07, 6.45) is 4.50. The van der Waals surface area contributed by atoms with Gasteiger partial charge in [-0.3, -0.25) is 0 Å². The molecule has 0 spiro atoms. The molecule has 1 aromatic carbocycles. The number of aromatic nitrogens is 2. The van der Waals surface area contributed by atoms with Crippen LogP contribution in [-0.2, 0) is 0 Å². The Bertz CT molecular complexity index is 639. The van der Waals surface area contributed by atoms with Gasteiger partial charge in [-0.15, -0.1) is 0 Å². The van der Waals surface area contributed by atoms with Gasteiger partial charge in [0, 0.05) is 11.6 Å². The molecule has 1 aliphatic carbocycles. The summed E-state index contributed by atoms with van der Waals surface area (Å²) in [7, 11) is 0. The number of rotatable bonds is 2. The highest BCUT2D eigenvalue weighted by molar-refractivity contribution is 5.54. The van der Waals surface area contributed by atoms with Gasteiger partial charge in [-0.1, -0.05) is 17.3 Å². The fourth-order valence-electron chi connectivity index (χ4n) is 2.05. The minimum absolute atomic E-state index is 0.0105. The molecular weight excluding hydrogens is 252 g/mol. The highest BCUT2D eigenvalue weighted by atomic mass is 19.2. The molecule has 2 unspecified atom stereocenters. The number of nitrogens with zero attached hydrogens (tertiary/aromatic N) is 2. The van der Waals surface area contributed by atoms with E-state index in [1.54, 1.807) is 0 Å². The van der Waals surface area contributed by atoms with Gasteiger partial charge in [0.15, 0.2) is 11.6 Å². The molecule has 3 rings (SSSR count). The summed E-state index contributed by atoms with van der Waals surface area (Å²) in [5, 5.41) is 3.78. The van der Waals surface area contributed by atoms with Crippen LogP contribution in [-0.4, -0.2) is 16.2 Å². The lowest BCUT2D eigenvalue weighted by Crippen LogP contribution is -2.14. The molecule has 1 aliphatic rings. The monoisotopic (exact) mass is 263 g/mol. The van der Waals surface area contributed by atoms with Crippen LogP contribution in [0, 0.1) is 11.6 Å². The number of halogens is 2. The van der Waals surface area contributed by atoms with Gasteiger partial charge >= 0.3 is 0 Å². The zero-order chi connectivity index (χ0) is 13.4. The number of hydrogen-bond donors (Lipinski definition) is 1. The van der Waals surface area contributed by atoms with Gasteiger partial charge in [0.2, 0.25) is 11.7 Å². The molecule has 98 valence electrons. The Balaban J connectivity index is 1.88. The van der Waals surface area contributed by atoms with E-state index in [0.29, 0.717) is 17.9 Å². The zero-order valence-corrected chi connectivity index (χ0v) is 9.88. The molecule has 0 radical (unpaired) electrons. The molecule has 1 heterocycles. The van der Waals surface area contributed by atoms with E-state index in [-0.39, 0.29) is 17.8 Å². The Labute approximate surface area is 107 Å². The smallest absolute Gasteiger partial charge is 0.233 e. The minimum atomic E-state index is -0.938. The Hall–Kier alpha value is -2.08. The molecule has 2 aromatic rings. The van der Waals surface area contributed by atoms with E-state index in [0.717, 1.165) is 12.1 Å². The van der Waals surface area contributed by atoms with Crippen molar-refractivity contribution in [1.29, 1.82) is 0 Å². The molecule has 0 fully saturated rings. The molecule has 19 heavy (non-hydrogen) atoms. The molecule has 1 aromatic heterocycles. The third-order valence-corrected chi connectivity index (χ3v) is 3.05. The highest BCUT2D eigenvalue weighted by Gasteiger charge is 2.23. The van der Waals surface area contributed by atoms with Crippen LogP contribution in [0.2, 0.25) is 0 Å². The topological polar surface area (TPSA) is 64.9 Å². The predicted molar refractivity (Wildman–Crippen MR) is 64.1 cm³/mol. The van der Waals surface area contributed by atoms with Crippen molar-refractivity contribution < 1.29 is 13.3 Å². The standard InChI is InChI=1S/C13H11F2N3O/c14-10-4-2-7(6-11(10)15)12-17-13(19-18-12)8-1-3-9(16)5-8/h1-4,6,8-9H,5,16H2. The van der Waals surface area contributed by atoms with E-state index in [1.165, 1.54) is 6.07 Å². The summed E-state index contributed by atoms with van der Waals surface area (Å²) in [4.78, 5) is 4.19. The van der Waals surface area contributed by atoms with Gasteiger partial charge in [0.05, 0.1) is 5.92 Å². The minimum Gasteiger partial charge on any atom is -0.338 e. The van der Waals surface area contributed by atoms with Gasteiger partial charge in [-0.25, -0.2) is 8.78 Å². The SMILES string of the molecule is NC1C=CC(c2nc(-c3ccc(F)c(F)c3)no2)C1. The van der Waals surface area contributed by atoms with E-state index in [4.69, 9.17) is 10.3 Å². The Morgan fingerprint density at radius 2 is 2.05 bits per heavy atom. The van der Waals surface area contributed by atoms with Crippen molar-refractivity contribution >= 4 is 0 Å². The summed E-state index contributed by atoms with van der Waals surface area (Å²) < 4.78 is 31.1. The summed E-state index contributed by atoms with van der Waals surface area (Å²) in [6.45, 7) is 0. The van der Waals surface area contributed by atoms with E-state index in [1.807, 2.05) is 12.2 Å². The third-order valence-electron chi connectivity index (χ3n) is 3.05. The largest absolute Gasteiger partial charge is 0.338 e. The molecular formula is C13H11F2N3O. The van der Waals surface area contributed by atoms with Gasteiger partial charge in [0.25, 0.3) is 0 Å². The van der Waals surface area contributed by atoms with Crippen LogP contribution in [0.3, 0.4) is 0 Å². The first-order valence-corrected chi connectivity index (χ1v) is 5.86. The summed E-state index contributed by atoms with van der Waals surface area (Å²) in [5.74, 6) is -1.18. The average molecular weight is 263 g/mol. The van der Waals surface area contributed by atoms with Crippen LogP contribution in [0.15, 0.2) is 34.9 Å². The predicted octanol–water partition coefficient (Wildman–Crippen LogP) is 2.39. The average Bonchev–Trinajstić information content (AvgIpc) is 3.01. The van der Waals surface area contributed by atoms with E-state index >= 15 is 0 Å². The number of nitrogens with two attached hydrogens (primary N) is 1. The maximum atomic E-state index is 13.1. The van der Waals surface area contributed by atoms with Crippen molar-refractivity contribution in [3.05, 3.63) is 47.9 Å². The maximum Gasteiger partial charge on any atom is 0.233 e. The summed E-state index contributed by atoms with van der Waals surface area (Å²) >= 11 is 0. The van der Waals surface area contributed by atoms with Gasteiger partial charge in [-0.05, 0) is 24.6 Å². The van der Waals surface area contributed by atoms with Crippen LogP contribution in [0.1, 0.15) is 18.2 Å². The fourth-order valence-corrected chi connectivity index (χ4v) is 2.05. The van der Waals surface area contributed by atoms with Crippen LogP contribution in [0.5, 0.6) is 0 Å². The first-order chi connectivity index (χ1) is 9.13. The first-order valence-electron chi connectivity index (χ1n) is 5.86. The fraction of sp³-hybridized carbons (Fsp3) is 0.231. The molecule has 0 amide bonds. The molecule has 4 nitrogen and oxygen atoms in total. The molecule has 0 saturated heterocycles. The van der Waals surface area contributed by atoms with E-state index < -0.39 is 11.6 Å². The Morgan fingerprint density at radius 1 is 1.21 bits per heavy atom. The van der Waals surface area contributed by atoms with Crippen molar-refractivity contribution in [3.63, 3.8) is 0 Å². The second kappa shape index (κ2) is 4.55. The lowest BCUT2D eigenvalue weighted by atomic mass is 10.1. The lowest BCUT2D eigenvalue weighted by molar-refractivity contribution is 0.365. The molecule has 2 N–H and O–H groups in total. The van der Waals surface area contributed by atoms with Crippen molar-refractivity contribution in [1.82, 2.24) is 10.1 Å². The molecule has 0 saturated carbocycles. The second-order valence-corrected chi connectivity index (χ2v) is 4.48. The van der Waals surface area contributed by atoms with Crippen molar-refractivity contribution in [2.45, 2.75) is 18.4 Å². The van der Waals surface area contributed by atoms with Gasteiger partial charge in [0.1, 0.15) is 0 Å². The molecule has 0 bridgehead atoms. The highest BCUT2D eigenvalue weighted by Crippen LogP contribution is 2.28. The normalized spacial score (nSPS) is 22.1. The first kappa shape index (κ1) is 12.0. The molecule has 2 atom stereocenters. The van der Waals surface area contributed by atoms with Gasteiger partial charge in [-0.2, -0.15) is 4.98 Å². The van der Waals surface area contributed by atoms with Crippen molar-refractivity contribution in [3.8, 4) is 11.4 Å².